The largest absolute Gasteiger partial charge is 0.376 e. The van der Waals surface area contributed by atoms with Crippen molar-refractivity contribution < 1.29 is 9.63 Å². The first kappa shape index (κ1) is 12.2. The molecule has 92 valence electrons. The van der Waals surface area contributed by atoms with Crippen LogP contribution in [0.25, 0.3) is 0 Å². The third-order valence-corrected chi connectivity index (χ3v) is 2.87. The van der Waals surface area contributed by atoms with Gasteiger partial charge in [-0.2, -0.15) is 5.06 Å². The average molecular weight is 255 g/mol. The number of amides is 1. The van der Waals surface area contributed by atoms with E-state index in [0.29, 0.717) is 17.3 Å². The topological polar surface area (TPSA) is 55.6 Å². The van der Waals surface area contributed by atoms with E-state index in [0.717, 1.165) is 18.4 Å². The second-order valence-corrected chi connectivity index (χ2v) is 4.56. The first-order valence-corrected chi connectivity index (χ1v) is 5.96. The molecule has 4 nitrogen and oxygen atoms in total. The lowest BCUT2D eigenvalue weighted by atomic mass is 10.2. The number of carbonyl (C=O) groups excluding carboxylic acids is 1. The zero-order valence-corrected chi connectivity index (χ0v) is 10.4. The first-order valence-electron chi connectivity index (χ1n) is 5.58. The molecule has 0 aromatic heterocycles. The number of hydroxylamine groups is 2. The molecule has 1 aromatic rings. The summed E-state index contributed by atoms with van der Waals surface area (Å²) in [6.07, 6.45) is 1.97. The van der Waals surface area contributed by atoms with Crippen LogP contribution in [0.4, 0.5) is 0 Å². The Hall–Kier alpha value is -1.26. The van der Waals surface area contributed by atoms with E-state index in [4.69, 9.17) is 22.2 Å². The van der Waals surface area contributed by atoms with Crippen LogP contribution in [0.1, 0.15) is 25.3 Å². The van der Waals surface area contributed by atoms with Crippen LogP contribution >= 0.6 is 11.6 Å². The summed E-state index contributed by atoms with van der Waals surface area (Å²) in [6, 6.07) is 5.44. The predicted molar refractivity (Wildman–Crippen MR) is 65.5 cm³/mol. The fraction of sp³-hybridized carbons (Fsp3) is 0.417. The van der Waals surface area contributed by atoms with Gasteiger partial charge in [-0.3, -0.25) is 4.79 Å². The molecule has 0 spiro atoms. The summed E-state index contributed by atoms with van der Waals surface area (Å²) in [4.78, 5) is 17.1. The number of rotatable bonds is 4. The van der Waals surface area contributed by atoms with Crippen molar-refractivity contribution in [3.8, 4) is 5.75 Å². The maximum absolute atomic E-state index is 11.5. The van der Waals surface area contributed by atoms with Crippen LogP contribution < -0.4 is 10.6 Å². The van der Waals surface area contributed by atoms with Gasteiger partial charge in [-0.05, 0) is 18.9 Å². The smallest absolute Gasteiger partial charge is 0.252 e. The van der Waals surface area contributed by atoms with Gasteiger partial charge in [-0.15, -0.1) is 0 Å². The van der Waals surface area contributed by atoms with Gasteiger partial charge in [0, 0.05) is 30.1 Å². The van der Waals surface area contributed by atoms with Crippen LogP contribution in [-0.2, 0) is 11.3 Å². The van der Waals surface area contributed by atoms with Crippen LogP contribution in [0.3, 0.4) is 0 Å². The van der Waals surface area contributed by atoms with Crippen molar-refractivity contribution in [2.75, 3.05) is 0 Å². The van der Waals surface area contributed by atoms with E-state index < -0.39 is 0 Å². The highest BCUT2D eigenvalue weighted by atomic mass is 35.5. The molecule has 1 saturated carbocycles. The molecule has 0 atom stereocenters. The van der Waals surface area contributed by atoms with Crippen molar-refractivity contribution in [3.05, 3.63) is 28.8 Å². The first-order chi connectivity index (χ1) is 8.11. The van der Waals surface area contributed by atoms with Gasteiger partial charge in [0.25, 0.3) is 5.91 Å². The molecule has 1 fully saturated rings. The third-order valence-electron chi connectivity index (χ3n) is 2.63. The van der Waals surface area contributed by atoms with Crippen molar-refractivity contribution >= 4 is 17.5 Å². The average Bonchev–Trinajstić information content (AvgIpc) is 3.09. The van der Waals surface area contributed by atoms with E-state index in [1.807, 2.05) is 6.07 Å². The second kappa shape index (κ2) is 4.94. The number of carbonyl (C=O) groups is 1. The predicted octanol–water partition coefficient (Wildman–Crippen LogP) is 2.10. The van der Waals surface area contributed by atoms with Crippen LogP contribution in [0, 0.1) is 0 Å². The number of nitrogens with zero attached hydrogens (tertiary/aromatic N) is 1. The number of hydrogen-bond acceptors (Lipinski definition) is 3. The molecule has 5 heteroatoms. The van der Waals surface area contributed by atoms with Gasteiger partial charge in [-0.25, -0.2) is 0 Å². The molecule has 0 radical (unpaired) electrons. The Kier molecular flexibility index (Phi) is 3.54. The van der Waals surface area contributed by atoms with Gasteiger partial charge in [0.15, 0.2) is 5.75 Å². The monoisotopic (exact) mass is 254 g/mol. The molecule has 2 N–H and O–H groups in total. The zero-order valence-electron chi connectivity index (χ0n) is 9.65. The minimum absolute atomic E-state index is 0.101. The summed E-state index contributed by atoms with van der Waals surface area (Å²) in [7, 11) is 0. The van der Waals surface area contributed by atoms with E-state index in [9.17, 15) is 4.79 Å². The summed E-state index contributed by atoms with van der Waals surface area (Å²) >= 11 is 5.91. The Morgan fingerprint density at radius 2 is 2.29 bits per heavy atom. The van der Waals surface area contributed by atoms with Crippen molar-refractivity contribution in [1.82, 2.24) is 5.06 Å². The lowest BCUT2D eigenvalue weighted by Crippen LogP contribution is -2.34. The Morgan fingerprint density at radius 3 is 2.82 bits per heavy atom. The molecule has 0 aliphatic heterocycles. The maximum Gasteiger partial charge on any atom is 0.252 e. The lowest BCUT2D eigenvalue weighted by molar-refractivity contribution is -0.156. The van der Waals surface area contributed by atoms with E-state index in [1.165, 1.54) is 12.0 Å². The van der Waals surface area contributed by atoms with Crippen molar-refractivity contribution in [2.24, 2.45) is 5.73 Å². The van der Waals surface area contributed by atoms with Crippen LogP contribution in [0.2, 0.25) is 5.02 Å². The Bertz CT molecular complexity index is 433. The number of benzene rings is 1. The maximum atomic E-state index is 11.5. The highest BCUT2D eigenvalue weighted by molar-refractivity contribution is 6.30. The van der Waals surface area contributed by atoms with Gasteiger partial charge in [0.05, 0.1) is 6.04 Å². The number of halogens is 1. The molecule has 0 heterocycles. The van der Waals surface area contributed by atoms with Gasteiger partial charge < -0.3 is 10.6 Å². The molecule has 1 amide bonds. The van der Waals surface area contributed by atoms with Gasteiger partial charge in [0.1, 0.15) is 0 Å². The third kappa shape index (κ3) is 2.90. The molecule has 0 saturated heterocycles. The summed E-state index contributed by atoms with van der Waals surface area (Å²) in [5.74, 6) is 0.456. The SMILES string of the molecule is CC(=O)N(Oc1cc(Cl)ccc1CN)C1CC1. The minimum Gasteiger partial charge on any atom is -0.376 e. The molecule has 1 aliphatic carbocycles. The fourth-order valence-electron chi connectivity index (χ4n) is 1.59. The normalized spacial score (nSPS) is 14.5. The molecule has 0 unspecified atom stereocenters. The molecule has 1 aromatic carbocycles. The molecule has 1 aliphatic rings. The van der Waals surface area contributed by atoms with E-state index in [1.54, 1.807) is 12.1 Å². The number of nitrogens with two attached hydrogens (primary N) is 1. The second-order valence-electron chi connectivity index (χ2n) is 4.12. The molecular formula is C12H15ClN2O2. The summed E-state index contributed by atoms with van der Waals surface area (Å²) in [5, 5.41) is 1.97. The standard InChI is InChI=1S/C12H15ClN2O2/c1-8(16)15(11-4-5-11)17-12-6-10(13)3-2-9(12)7-14/h2-3,6,11H,4-5,7,14H2,1H3. The van der Waals surface area contributed by atoms with E-state index in [-0.39, 0.29) is 11.9 Å². The van der Waals surface area contributed by atoms with Crippen molar-refractivity contribution in [2.45, 2.75) is 32.4 Å². The van der Waals surface area contributed by atoms with Crippen molar-refractivity contribution in [3.63, 3.8) is 0 Å². The summed E-state index contributed by atoms with van der Waals surface area (Å²) in [6.45, 7) is 1.84. The van der Waals surface area contributed by atoms with Gasteiger partial charge in [-0.1, -0.05) is 17.7 Å². The highest BCUT2D eigenvalue weighted by Crippen LogP contribution is 2.30. The van der Waals surface area contributed by atoms with Crippen LogP contribution in [0.15, 0.2) is 18.2 Å². The van der Waals surface area contributed by atoms with Gasteiger partial charge >= 0.3 is 0 Å². The zero-order chi connectivity index (χ0) is 12.4. The van der Waals surface area contributed by atoms with Crippen LogP contribution in [0.5, 0.6) is 5.75 Å². The fourth-order valence-corrected chi connectivity index (χ4v) is 1.76. The molecule has 17 heavy (non-hydrogen) atoms. The lowest BCUT2D eigenvalue weighted by Gasteiger charge is -2.22. The van der Waals surface area contributed by atoms with E-state index in [2.05, 4.69) is 0 Å². The van der Waals surface area contributed by atoms with Crippen LogP contribution in [-0.4, -0.2) is 17.0 Å². The quantitative estimate of drug-likeness (QED) is 0.838. The van der Waals surface area contributed by atoms with Gasteiger partial charge in [0.2, 0.25) is 0 Å². The molecule has 2 rings (SSSR count). The van der Waals surface area contributed by atoms with E-state index >= 15 is 0 Å². The highest BCUT2D eigenvalue weighted by Gasteiger charge is 2.33. The summed E-state index contributed by atoms with van der Waals surface area (Å²) in [5.41, 5.74) is 6.45. The minimum atomic E-state index is -0.101. The number of hydrogen-bond donors (Lipinski definition) is 1. The Balaban J connectivity index is 2.20. The Morgan fingerprint density at radius 1 is 1.59 bits per heavy atom. The summed E-state index contributed by atoms with van der Waals surface area (Å²) < 4.78 is 0. The molecular weight excluding hydrogens is 240 g/mol. The molecule has 0 bridgehead atoms. The Labute approximate surface area is 105 Å². The van der Waals surface area contributed by atoms with Crippen molar-refractivity contribution in [1.29, 1.82) is 0 Å².